The Morgan fingerprint density at radius 3 is 1.81 bits per heavy atom. The number of aromatic carboxylic acids is 1. The Labute approximate surface area is 165 Å². The maximum atomic E-state index is 12.9. The van der Waals surface area contributed by atoms with Crippen LogP contribution in [-0.2, 0) is 4.74 Å². The number of halogens is 6. The minimum Gasteiger partial charge on any atom is -0.478 e. The number of aromatic nitrogens is 2. The van der Waals surface area contributed by atoms with Crippen LogP contribution >= 0.6 is 46.4 Å². The zero-order valence-corrected chi connectivity index (χ0v) is 15.7. The van der Waals surface area contributed by atoms with Gasteiger partial charge in [0.1, 0.15) is 10.3 Å². The first-order chi connectivity index (χ1) is 12.1. The van der Waals surface area contributed by atoms with E-state index in [9.17, 15) is 18.4 Å². The highest BCUT2D eigenvalue weighted by Crippen LogP contribution is 2.21. The number of carbonyl (C=O) groups is 2. The molecule has 2 rings (SSSR count). The van der Waals surface area contributed by atoms with Gasteiger partial charge in [-0.05, 0) is 19.1 Å². The maximum Gasteiger partial charge on any atom is 0.341 e. The first-order valence-corrected chi connectivity index (χ1v) is 8.03. The molecule has 2 aromatic rings. The van der Waals surface area contributed by atoms with E-state index in [2.05, 4.69) is 14.7 Å². The Hall–Kier alpha value is -1.74. The first-order valence-electron chi connectivity index (χ1n) is 6.51. The molecule has 0 atom stereocenters. The minimum atomic E-state index is -1.34. The van der Waals surface area contributed by atoms with Gasteiger partial charge in [-0.25, -0.2) is 28.3 Å². The van der Waals surface area contributed by atoms with E-state index in [-0.39, 0.29) is 27.6 Å². The van der Waals surface area contributed by atoms with Crippen molar-refractivity contribution in [1.29, 1.82) is 0 Å². The zero-order chi connectivity index (χ0) is 20.0. The molecule has 0 radical (unpaired) electrons. The predicted molar refractivity (Wildman–Crippen MR) is 91.3 cm³/mol. The second-order valence-corrected chi connectivity index (χ2v) is 5.66. The number of hydrogen-bond donors (Lipinski definition) is 1. The largest absolute Gasteiger partial charge is 0.478 e. The molecule has 0 spiro atoms. The van der Waals surface area contributed by atoms with Gasteiger partial charge >= 0.3 is 11.9 Å². The van der Waals surface area contributed by atoms with E-state index >= 15 is 0 Å². The van der Waals surface area contributed by atoms with E-state index in [1.165, 1.54) is 0 Å². The van der Waals surface area contributed by atoms with Crippen LogP contribution in [0.3, 0.4) is 0 Å². The van der Waals surface area contributed by atoms with Crippen molar-refractivity contribution in [2.75, 3.05) is 6.61 Å². The molecule has 6 nitrogen and oxygen atoms in total. The van der Waals surface area contributed by atoms with Crippen LogP contribution in [0.2, 0.25) is 20.6 Å². The number of hydrogen-bond acceptors (Lipinski definition) is 5. The lowest BCUT2D eigenvalue weighted by Crippen LogP contribution is -2.07. The van der Waals surface area contributed by atoms with Gasteiger partial charge in [-0.1, -0.05) is 46.4 Å². The smallest absolute Gasteiger partial charge is 0.341 e. The molecule has 0 aromatic carbocycles. The number of esters is 1. The fourth-order valence-electron chi connectivity index (χ4n) is 1.39. The summed E-state index contributed by atoms with van der Waals surface area (Å²) in [5, 5.41) is 7.14. The summed E-state index contributed by atoms with van der Waals surface area (Å²) in [6, 6.07) is 1.62. The summed E-state index contributed by atoms with van der Waals surface area (Å²) < 4.78 is 30.1. The standard InChI is InChI=1S/C8H6Cl2FNO2.C6H2Cl2FNO2/c1-2-14-8(13)4-3-5(11)7(10)12-6(4)9;7-4-2(6(11)12)1-3(9)5(8)10-4/h3H,2H2,1H3;1H,(H,11,12). The van der Waals surface area contributed by atoms with E-state index in [1.807, 2.05) is 0 Å². The number of nitrogens with zero attached hydrogens (tertiary/aromatic N) is 2. The fourth-order valence-corrected chi connectivity index (χ4v) is 2.19. The monoisotopic (exact) mass is 446 g/mol. The van der Waals surface area contributed by atoms with Crippen LogP contribution < -0.4 is 0 Å². The zero-order valence-electron chi connectivity index (χ0n) is 12.7. The van der Waals surface area contributed by atoms with Gasteiger partial charge in [-0.2, -0.15) is 0 Å². The Bertz CT molecular complexity index is 852. The van der Waals surface area contributed by atoms with Crippen molar-refractivity contribution in [1.82, 2.24) is 9.97 Å². The molecule has 0 fully saturated rings. The van der Waals surface area contributed by atoms with Crippen LogP contribution in [0.5, 0.6) is 0 Å². The summed E-state index contributed by atoms with van der Waals surface area (Å²) in [4.78, 5) is 28.2. The minimum absolute atomic E-state index is 0.129. The van der Waals surface area contributed by atoms with Crippen molar-refractivity contribution in [3.63, 3.8) is 0 Å². The SMILES string of the molecule is CCOC(=O)c1cc(F)c(Cl)nc1Cl.O=C(O)c1cc(F)c(Cl)nc1Cl. The summed E-state index contributed by atoms with van der Waals surface area (Å²) in [6.45, 7) is 1.81. The third-order valence-corrected chi connectivity index (χ3v) is 3.61. The Balaban J connectivity index is 0.000000263. The highest BCUT2D eigenvalue weighted by molar-refractivity contribution is 6.35. The Morgan fingerprint density at radius 1 is 0.962 bits per heavy atom. The van der Waals surface area contributed by atoms with E-state index in [1.54, 1.807) is 6.92 Å². The van der Waals surface area contributed by atoms with Crippen LogP contribution in [-0.4, -0.2) is 33.6 Å². The van der Waals surface area contributed by atoms with E-state index in [0.717, 1.165) is 12.1 Å². The van der Waals surface area contributed by atoms with Gasteiger partial charge in [0.05, 0.1) is 17.7 Å². The molecule has 0 amide bonds. The highest BCUT2D eigenvalue weighted by Gasteiger charge is 2.16. The summed E-state index contributed by atoms with van der Waals surface area (Å²) in [5.74, 6) is -3.78. The Kier molecular flexibility index (Phi) is 8.42. The summed E-state index contributed by atoms with van der Waals surface area (Å²) in [7, 11) is 0. The Morgan fingerprint density at radius 2 is 1.38 bits per heavy atom. The van der Waals surface area contributed by atoms with Crippen molar-refractivity contribution in [3.05, 3.63) is 55.5 Å². The fraction of sp³-hybridized carbons (Fsp3) is 0.143. The molecule has 12 heteroatoms. The molecule has 0 bridgehead atoms. The van der Waals surface area contributed by atoms with Crippen molar-refractivity contribution in [2.24, 2.45) is 0 Å². The molecule has 0 aliphatic rings. The first kappa shape index (κ1) is 22.3. The summed E-state index contributed by atoms with van der Waals surface area (Å²) in [5.41, 5.74) is -0.533. The third kappa shape index (κ3) is 5.91. The van der Waals surface area contributed by atoms with Crippen LogP contribution in [0.25, 0.3) is 0 Å². The van der Waals surface area contributed by atoms with Crippen LogP contribution in [0.1, 0.15) is 27.6 Å². The van der Waals surface area contributed by atoms with Crippen LogP contribution in [0.4, 0.5) is 8.78 Å². The van der Waals surface area contributed by atoms with Crippen molar-refractivity contribution in [3.8, 4) is 0 Å². The normalized spacial score (nSPS) is 9.96. The number of ether oxygens (including phenoxy) is 1. The highest BCUT2D eigenvalue weighted by atomic mass is 35.5. The molecule has 26 heavy (non-hydrogen) atoms. The molecule has 2 aromatic heterocycles. The molecule has 1 N–H and O–H groups in total. The van der Waals surface area contributed by atoms with Gasteiger partial charge in [-0.15, -0.1) is 0 Å². The van der Waals surface area contributed by atoms with Gasteiger partial charge in [-0.3, -0.25) is 0 Å². The molecular formula is C14H8Cl4F2N2O4. The number of carboxylic acid groups (broad SMARTS) is 1. The molecule has 0 saturated carbocycles. The van der Waals surface area contributed by atoms with E-state index in [0.29, 0.717) is 0 Å². The lowest BCUT2D eigenvalue weighted by Gasteiger charge is -2.03. The van der Waals surface area contributed by atoms with Crippen LogP contribution in [0, 0.1) is 11.6 Å². The molecule has 0 aliphatic carbocycles. The third-order valence-electron chi connectivity index (χ3n) is 2.50. The van der Waals surface area contributed by atoms with E-state index in [4.69, 9.17) is 51.5 Å². The van der Waals surface area contributed by atoms with E-state index < -0.39 is 34.3 Å². The second kappa shape index (κ2) is 9.82. The molecule has 0 unspecified atom stereocenters. The summed E-state index contributed by atoms with van der Waals surface area (Å²) >= 11 is 21.5. The average Bonchev–Trinajstić information content (AvgIpc) is 2.55. The average molecular weight is 448 g/mol. The molecular weight excluding hydrogens is 440 g/mol. The predicted octanol–water partition coefficient (Wildman–Crippen LogP) is 4.93. The van der Waals surface area contributed by atoms with Gasteiger partial charge in [0, 0.05) is 0 Å². The second-order valence-electron chi connectivity index (χ2n) is 4.22. The number of carbonyl (C=O) groups excluding carboxylic acids is 1. The topological polar surface area (TPSA) is 89.4 Å². The lowest BCUT2D eigenvalue weighted by atomic mass is 10.3. The van der Waals surface area contributed by atoms with Gasteiger partial charge in [0.15, 0.2) is 21.9 Å². The van der Waals surface area contributed by atoms with Gasteiger partial charge in [0.2, 0.25) is 0 Å². The molecule has 140 valence electrons. The van der Waals surface area contributed by atoms with Gasteiger partial charge in [0.25, 0.3) is 0 Å². The maximum absolute atomic E-state index is 12.9. The summed E-state index contributed by atoms with van der Waals surface area (Å²) in [6.07, 6.45) is 0. The molecule has 0 saturated heterocycles. The van der Waals surface area contributed by atoms with Gasteiger partial charge < -0.3 is 9.84 Å². The number of carboxylic acids is 1. The van der Waals surface area contributed by atoms with Crippen molar-refractivity contribution in [2.45, 2.75) is 6.92 Å². The quantitative estimate of drug-likeness (QED) is 0.530. The van der Waals surface area contributed by atoms with Crippen molar-refractivity contribution >= 4 is 58.3 Å². The molecule has 2 heterocycles. The van der Waals surface area contributed by atoms with Crippen LogP contribution in [0.15, 0.2) is 12.1 Å². The molecule has 0 aliphatic heterocycles. The lowest BCUT2D eigenvalue weighted by molar-refractivity contribution is 0.0525. The van der Waals surface area contributed by atoms with Crippen molar-refractivity contribution < 1.29 is 28.2 Å². The number of pyridine rings is 2. The number of rotatable bonds is 3.